The molecule has 0 saturated carbocycles. The van der Waals surface area contributed by atoms with Crippen molar-refractivity contribution >= 4 is 52.5 Å². The third kappa shape index (κ3) is 5.58. The van der Waals surface area contributed by atoms with Crippen molar-refractivity contribution in [3.63, 3.8) is 0 Å². The quantitative estimate of drug-likeness (QED) is 0.307. The number of thioether (sulfide) groups is 1. The van der Waals surface area contributed by atoms with Crippen LogP contribution in [-0.2, 0) is 12.3 Å². The smallest absolute Gasteiger partial charge is 0.253 e. The van der Waals surface area contributed by atoms with Crippen molar-refractivity contribution in [2.45, 2.75) is 30.4 Å². The van der Waals surface area contributed by atoms with Gasteiger partial charge in [0.1, 0.15) is 0 Å². The summed E-state index contributed by atoms with van der Waals surface area (Å²) in [7, 11) is 0. The van der Waals surface area contributed by atoms with E-state index in [1.165, 1.54) is 6.07 Å². The van der Waals surface area contributed by atoms with E-state index in [1.807, 2.05) is 35.8 Å². The van der Waals surface area contributed by atoms with E-state index in [0.717, 1.165) is 10.7 Å². The van der Waals surface area contributed by atoms with Crippen molar-refractivity contribution in [2.75, 3.05) is 0 Å². The van der Waals surface area contributed by atoms with Gasteiger partial charge < -0.3 is 9.88 Å². The standard InChI is InChI=1S/C21H19Cl3N4OS/c1-3-10-28-19(13(2)25-20(29)17-9-8-16(23)11-18(17)24)26-27-21(28)30-12-14-4-6-15(22)7-5-14/h3-9,11,13H,1,10,12H2,2H3,(H,25,29). The van der Waals surface area contributed by atoms with Gasteiger partial charge in [-0.15, -0.1) is 16.8 Å². The molecule has 0 aliphatic heterocycles. The number of amides is 1. The largest absolute Gasteiger partial charge is 0.342 e. The lowest BCUT2D eigenvalue weighted by atomic mass is 10.2. The summed E-state index contributed by atoms with van der Waals surface area (Å²) < 4.78 is 1.93. The molecule has 156 valence electrons. The summed E-state index contributed by atoms with van der Waals surface area (Å²) in [6.45, 7) is 6.18. The highest BCUT2D eigenvalue weighted by Crippen LogP contribution is 2.26. The minimum atomic E-state index is -0.387. The Balaban J connectivity index is 1.75. The van der Waals surface area contributed by atoms with Crippen LogP contribution in [0.1, 0.15) is 34.7 Å². The highest BCUT2D eigenvalue weighted by molar-refractivity contribution is 7.98. The number of aromatic nitrogens is 3. The first-order valence-corrected chi connectivity index (χ1v) is 11.2. The van der Waals surface area contributed by atoms with Crippen molar-refractivity contribution in [1.82, 2.24) is 20.1 Å². The van der Waals surface area contributed by atoms with Gasteiger partial charge in [-0.3, -0.25) is 4.79 Å². The van der Waals surface area contributed by atoms with Crippen LogP contribution in [-0.4, -0.2) is 20.7 Å². The van der Waals surface area contributed by atoms with Gasteiger partial charge in [0.15, 0.2) is 11.0 Å². The van der Waals surface area contributed by atoms with E-state index in [9.17, 15) is 4.79 Å². The monoisotopic (exact) mass is 480 g/mol. The Morgan fingerprint density at radius 2 is 1.87 bits per heavy atom. The average molecular weight is 482 g/mol. The number of hydrogen-bond acceptors (Lipinski definition) is 4. The van der Waals surface area contributed by atoms with Crippen LogP contribution in [0.2, 0.25) is 15.1 Å². The predicted octanol–water partition coefficient (Wildman–Crippen LogP) is 6.21. The van der Waals surface area contributed by atoms with Crippen molar-refractivity contribution in [1.29, 1.82) is 0 Å². The second-order valence-electron chi connectivity index (χ2n) is 6.47. The van der Waals surface area contributed by atoms with Crippen molar-refractivity contribution in [3.05, 3.63) is 87.1 Å². The predicted molar refractivity (Wildman–Crippen MR) is 124 cm³/mol. The van der Waals surface area contributed by atoms with Crippen molar-refractivity contribution < 1.29 is 4.79 Å². The molecule has 1 atom stereocenters. The SMILES string of the molecule is C=CCn1c(SCc2ccc(Cl)cc2)nnc1C(C)NC(=O)c1ccc(Cl)cc1Cl. The lowest BCUT2D eigenvalue weighted by Gasteiger charge is -2.16. The minimum Gasteiger partial charge on any atom is -0.342 e. The zero-order valence-electron chi connectivity index (χ0n) is 16.1. The fraction of sp³-hybridized carbons (Fsp3) is 0.190. The van der Waals surface area contributed by atoms with E-state index in [-0.39, 0.29) is 11.9 Å². The van der Waals surface area contributed by atoms with Crippen molar-refractivity contribution in [2.24, 2.45) is 0 Å². The fourth-order valence-electron chi connectivity index (χ4n) is 2.77. The molecule has 0 aliphatic rings. The summed E-state index contributed by atoms with van der Waals surface area (Å²) in [4.78, 5) is 12.6. The zero-order valence-corrected chi connectivity index (χ0v) is 19.2. The molecule has 1 N–H and O–H groups in total. The highest BCUT2D eigenvalue weighted by Gasteiger charge is 2.21. The number of carbonyl (C=O) groups excluding carboxylic acids is 1. The van der Waals surface area contributed by atoms with Gasteiger partial charge in [-0.1, -0.05) is 64.8 Å². The maximum absolute atomic E-state index is 12.6. The van der Waals surface area contributed by atoms with E-state index in [1.54, 1.807) is 30.0 Å². The zero-order chi connectivity index (χ0) is 21.7. The molecule has 3 aromatic rings. The maximum atomic E-state index is 12.6. The summed E-state index contributed by atoms with van der Waals surface area (Å²) in [5.74, 6) is 1.03. The number of hydrogen-bond donors (Lipinski definition) is 1. The third-order valence-electron chi connectivity index (χ3n) is 4.25. The molecular weight excluding hydrogens is 463 g/mol. The molecule has 9 heteroatoms. The topological polar surface area (TPSA) is 59.8 Å². The summed E-state index contributed by atoms with van der Waals surface area (Å²) in [6, 6.07) is 12.0. The van der Waals surface area contributed by atoms with E-state index in [4.69, 9.17) is 34.8 Å². The molecule has 2 aromatic carbocycles. The molecule has 5 nitrogen and oxygen atoms in total. The van der Waals surface area contributed by atoms with Crippen LogP contribution < -0.4 is 5.32 Å². The number of carbonyl (C=O) groups is 1. The first kappa shape index (κ1) is 22.7. The molecular formula is C21H19Cl3N4OS. The molecule has 3 rings (SSSR count). The summed E-state index contributed by atoms with van der Waals surface area (Å²) in [5, 5.41) is 13.7. The fourth-order valence-corrected chi connectivity index (χ4v) is 4.30. The number of rotatable bonds is 8. The number of allylic oxidation sites excluding steroid dienone is 1. The molecule has 1 heterocycles. The second-order valence-corrected chi connectivity index (χ2v) is 8.70. The first-order valence-electron chi connectivity index (χ1n) is 9.06. The van der Waals surface area contributed by atoms with Crippen LogP contribution in [0.15, 0.2) is 60.3 Å². The van der Waals surface area contributed by atoms with Gasteiger partial charge in [-0.05, 0) is 42.8 Å². The normalized spacial score (nSPS) is 11.9. The van der Waals surface area contributed by atoms with E-state index < -0.39 is 0 Å². The van der Waals surface area contributed by atoms with E-state index in [2.05, 4.69) is 22.1 Å². The molecule has 0 bridgehead atoms. The van der Waals surface area contributed by atoms with E-state index >= 15 is 0 Å². The number of benzene rings is 2. The van der Waals surface area contributed by atoms with Crippen LogP contribution in [0.4, 0.5) is 0 Å². The molecule has 0 radical (unpaired) electrons. The first-order chi connectivity index (χ1) is 14.4. The Labute approximate surface area is 194 Å². The minimum absolute atomic E-state index is 0.291. The Morgan fingerprint density at radius 3 is 2.53 bits per heavy atom. The van der Waals surface area contributed by atoms with Gasteiger partial charge >= 0.3 is 0 Å². The Morgan fingerprint density at radius 1 is 1.17 bits per heavy atom. The average Bonchev–Trinajstić information content (AvgIpc) is 3.10. The van der Waals surface area contributed by atoms with Gasteiger partial charge in [-0.25, -0.2) is 0 Å². The Hall–Kier alpha value is -1.99. The second kappa shape index (κ2) is 10.4. The molecule has 30 heavy (non-hydrogen) atoms. The van der Waals surface area contributed by atoms with Crippen LogP contribution in [0.25, 0.3) is 0 Å². The van der Waals surface area contributed by atoms with Crippen LogP contribution >= 0.6 is 46.6 Å². The third-order valence-corrected chi connectivity index (χ3v) is 6.09. The van der Waals surface area contributed by atoms with Gasteiger partial charge in [-0.2, -0.15) is 0 Å². The number of halogens is 3. The lowest BCUT2D eigenvalue weighted by molar-refractivity contribution is 0.0937. The Bertz CT molecular complexity index is 1050. The molecule has 0 spiro atoms. The maximum Gasteiger partial charge on any atom is 0.253 e. The molecule has 0 fully saturated rings. The lowest BCUT2D eigenvalue weighted by Crippen LogP contribution is -2.29. The number of nitrogens with zero attached hydrogens (tertiary/aromatic N) is 3. The van der Waals surface area contributed by atoms with Gasteiger partial charge in [0, 0.05) is 22.3 Å². The molecule has 1 aromatic heterocycles. The van der Waals surface area contributed by atoms with Gasteiger partial charge in [0.05, 0.1) is 16.6 Å². The van der Waals surface area contributed by atoms with Crippen LogP contribution in [0.5, 0.6) is 0 Å². The summed E-state index contributed by atoms with van der Waals surface area (Å²) >= 11 is 19.5. The molecule has 0 aliphatic carbocycles. The van der Waals surface area contributed by atoms with Crippen molar-refractivity contribution in [3.8, 4) is 0 Å². The highest BCUT2D eigenvalue weighted by atomic mass is 35.5. The number of nitrogens with one attached hydrogen (secondary N) is 1. The molecule has 1 amide bonds. The van der Waals surface area contributed by atoms with E-state index in [0.29, 0.717) is 38.8 Å². The van der Waals surface area contributed by atoms with Gasteiger partial charge in [0.2, 0.25) is 0 Å². The van der Waals surface area contributed by atoms with Gasteiger partial charge in [0.25, 0.3) is 5.91 Å². The van der Waals surface area contributed by atoms with Crippen LogP contribution in [0, 0.1) is 0 Å². The summed E-state index contributed by atoms with van der Waals surface area (Å²) in [5.41, 5.74) is 1.47. The molecule has 1 unspecified atom stereocenters. The Kier molecular flexibility index (Phi) is 7.83. The summed E-state index contributed by atoms with van der Waals surface area (Å²) in [6.07, 6.45) is 1.77. The van der Waals surface area contributed by atoms with Crippen LogP contribution in [0.3, 0.4) is 0 Å². The molecule has 0 saturated heterocycles.